The Bertz CT molecular complexity index is 1100. The predicted octanol–water partition coefficient (Wildman–Crippen LogP) is 3.20. The zero-order valence-electron chi connectivity index (χ0n) is 14.6. The number of rotatable bonds is 3. The van der Waals surface area contributed by atoms with Crippen LogP contribution in [0, 0.1) is 10.1 Å². The lowest BCUT2D eigenvalue weighted by Gasteiger charge is -2.34. The van der Waals surface area contributed by atoms with Crippen LogP contribution < -0.4 is 5.32 Å². The SMILES string of the molecule is O=C1C[C@H](c2ccco2)CC2=C1[C@H](c1ccc([N+](=O)[O-])cc1)n1ncnc1N2. The number of Topliss-reactive ketones (excluding diaryl/α,β-unsaturated/α-hetero) is 1. The Hall–Kier alpha value is -3.75. The second-order valence-electron chi connectivity index (χ2n) is 6.84. The van der Waals surface area contributed by atoms with Crippen LogP contribution in [0.2, 0.25) is 0 Å². The largest absolute Gasteiger partial charge is 0.469 e. The summed E-state index contributed by atoms with van der Waals surface area (Å²) in [5.74, 6) is 1.27. The van der Waals surface area contributed by atoms with Gasteiger partial charge in [0.05, 0.1) is 11.2 Å². The summed E-state index contributed by atoms with van der Waals surface area (Å²) in [5, 5.41) is 18.5. The fourth-order valence-corrected chi connectivity index (χ4v) is 3.96. The van der Waals surface area contributed by atoms with Gasteiger partial charge in [-0.25, -0.2) is 4.68 Å². The minimum atomic E-state index is -0.473. The van der Waals surface area contributed by atoms with Gasteiger partial charge in [0.1, 0.15) is 18.1 Å². The quantitative estimate of drug-likeness (QED) is 0.550. The first-order chi connectivity index (χ1) is 13.6. The lowest BCUT2D eigenvalue weighted by atomic mass is 9.79. The van der Waals surface area contributed by atoms with E-state index in [0.717, 1.165) is 17.0 Å². The molecule has 5 rings (SSSR count). The number of hydrogen-bond donors (Lipinski definition) is 1. The van der Waals surface area contributed by atoms with E-state index in [1.54, 1.807) is 23.1 Å². The van der Waals surface area contributed by atoms with Crippen molar-refractivity contribution < 1.29 is 14.1 Å². The van der Waals surface area contributed by atoms with Crippen LogP contribution in [0.5, 0.6) is 0 Å². The molecule has 0 radical (unpaired) electrons. The number of ketones is 1. The maximum absolute atomic E-state index is 13.1. The van der Waals surface area contributed by atoms with E-state index in [1.807, 2.05) is 12.1 Å². The molecule has 0 fully saturated rings. The number of allylic oxidation sites excluding steroid dienone is 2. The van der Waals surface area contributed by atoms with Gasteiger partial charge in [0.2, 0.25) is 5.95 Å². The molecule has 1 N–H and O–H groups in total. The molecule has 1 aliphatic heterocycles. The van der Waals surface area contributed by atoms with E-state index in [2.05, 4.69) is 15.4 Å². The van der Waals surface area contributed by atoms with Crippen molar-refractivity contribution in [3.05, 3.63) is 81.7 Å². The lowest BCUT2D eigenvalue weighted by molar-refractivity contribution is -0.384. The van der Waals surface area contributed by atoms with Crippen molar-refractivity contribution in [3.63, 3.8) is 0 Å². The molecule has 0 spiro atoms. The van der Waals surface area contributed by atoms with E-state index >= 15 is 0 Å². The Morgan fingerprint density at radius 2 is 2.04 bits per heavy atom. The van der Waals surface area contributed by atoms with Crippen molar-refractivity contribution >= 4 is 17.4 Å². The summed E-state index contributed by atoms with van der Waals surface area (Å²) in [6, 6.07) is 9.42. The molecule has 0 saturated carbocycles. The number of hydrogen-bond acceptors (Lipinski definition) is 7. The molecular weight excluding hydrogens is 362 g/mol. The number of benzene rings is 1. The first-order valence-corrected chi connectivity index (χ1v) is 8.82. The van der Waals surface area contributed by atoms with Crippen molar-refractivity contribution in [3.8, 4) is 0 Å². The molecule has 2 aromatic heterocycles. The maximum Gasteiger partial charge on any atom is 0.269 e. The first kappa shape index (κ1) is 16.4. The molecule has 1 aliphatic carbocycles. The van der Waals surface area contributed by atoms with Gasteiger partial charge in [-0.15, -0.1) is 0 Å². The van der Waals surface area contributed by atoms with Gasteiger partial charge in [-0.1, -0.05) is 0 Å². The highest BCUT2D eigenvalue weighted by atomic mass is 16.6. The monoisotopic (exact) mass is 377 g/mol. The standard InChI is InChI=1S/C19H15N5O4/c25-15-9-12(16-2-1-7-28-16)8-14-17(15)18(23-19(22-14)20-10-21-23)11-3-5-13(6-4-11)24(26)27/h1-7,10,12,18H,8-9H2,(H,20,21,22)/t12-,18+/m1/s1. The van der Waals surface area contributed by atoms with E-state index in [-0.39, 0.29) is 17.4 Å². The van der Waals surface area contributed by atoms with Crippen LogP contribution in [0.4, 0.5) is 11.6 Å². The summed E-state index contributed by atoms with van der Waals surface area (Å²) in [6.07, 6.45) is 3.98. The molecule has 2 atom stereocenters. The van der Waals surface area contributed by atoms with Gasteiger partial charge in [0.25, 0.3) is 5.69 Å². The van der Waals surface area contributed by atoms with Gasteiger partial charge in [0.15, 0.2) is 5.78 Å². The zero-order chi connectivity index (χ0) is 19.3. The molecule has 28 heavy (non-hydrogen) atoms. The zero-order valence-corrected chi connectivity index (χ0v) is 14.6. The third-order valence-corrected chi connectivity index (χ3v) is 5.23. The smallest absolute Gasteiger partial charge is 0.269 e. The average molecular weight is 377 g/mol. The summed E-state index contributed by atoms with van der Waals surface area (Å²) in [6.45, 7) is 0. The van der Waals surface area contributed by atoms with Gasteiger partial charge in [-0.05, 0) is 36.2 Å². The number of fused-ring (bicyclic) bond motifs is 1. The molecule has 9 heteroatoms. The summed E-state index contributed by atoms with van der Waals surface area (Å²) < 4.78 is 7.15. The Kier molecular flexibility index (Phi) is 3.61. The normalized spacial score (nSPS) is 21.1. The van der Waals surface area contributed by atoms with E-state index in [1.165, 1.54) is 18.5 Å². The predicted molar refractivity (Wildman–Crippen MR) is 97.6 cm³/mol. The second-order valence-corrected chi connectivity index (χ2v) is 6.84. The summed E-state index contributed by atoms with van der Waals surface area (Å²) in [7, 11) is 0. The third kappa shape index (κ3) is 2.51. The van der Waals surface area contributed by atoms with Gasteiger partial charge >= 0.3 is 0 Å². The van der Waals surface area contributed by atoms with Crippen LogP contribution in [0.1, 0.15) is 36.1 Å². The number of nitrogens with zero attached hydrogens (tertiary/aromatic N) is 4. The van der Waals surface area contributed by atoms with E-state index < -0.39 is 11.0 Å². The topological polar surface area (TPSA) is 116 Å². The van der Waals surface area contributed by atoms with Crippen molar-refractivity contribution in [2.45, 2.75) is 24.8 Å². The molecule has 0 unspecified atom stereocenters. The number of nitro benzene ring substituents is 1. The van der Waals surface area contributed by atoms with Crippen molar-refractivity contribution in [2.24, 2.45) is 0 Å². The molecule has 2 aliphatic rings. The van der Waals surface area contributed by atoms with Gasteiger partial charge in [-0.2, -0.15) is 10.1 Å². The van der Waals surface area contributed by atoms with Gasteiger partial charge in [0, 0.05) is 35.7 Å². The van der Waals surface area contributed by atoms with E-state index in [4.69, 9.17) is 4.42 Å². The molecular formula is C19H15N5O4. The number of furan rings is 1. The van der Waals surface area contributed by atoms with Crippen LogP contribution >= 0.6 is 0 Å². The molecule has 9 nitrogen and oxygen atoms in total. The van der Waals surface area contributed by atoms with Crippen molar-refractivity contribution in [1.82, 2.24) is 14.8 Å². The van der Waals surface area contributed by atoms with Crippen molar-refractivity contribution in [2.75, 3.05) is 5.32 Å². The highest BCUT2D eigenvalue weighted by Crippen LogP contribution is 2.43. The Morgan fingerprint density at radius 1 is 1.21 bits per heavy atom. The second kappa shape index (κ2) is 6.15. The van der Waals surface area contributed by atoms with Gasteiger partial charge in [-0.3, -0.25) is 14.9 Å². The summed E-state index contributed by atoms with van der Waals surface area (Å²) >= 11 is 0. The summed E-state index contributed by atoms with van der Waals surface area (Å²) in [5.41, 5.74) is 2.16. The lowest BCUT2D eigenvalue weighted by Crippen LogP contribution is -2.33. The Morgan fingerprint density at radius 3 is 2.75 bits per heavy atom. The molecule has 3 heterocycles. The Balaban J connectivity index is 1.59. The molecule has 1 aromatic carbocycles. The Labute approximate surface area is 158 Å². The van der Waals surface area contributed by atoms with Crippen LogP contribution in [0.25, 0.3) is 0 Å². The number of nitrogens with one attached hydrogen (secondary N) is 1. The van der Waals surface area contributed by atoms with E-state index in [9.17, 15) is 14.9 Å². The molecule has 3 aromatic rings. The third-order valence-electron chi connectivity index (χ3n) is 5.23. The van der Waals surface area contributed by atoms with Crippen LogP contribution in [0.15, 0.2) is 64.7 Å². The number of aromatic nitrogens is 3. The van der Waals surface area contributed by atoms with Gasteiger partial charge < -0.3 is 9.73 Å². The maximum atomic E-state index is 13.1. The molecule has 0 bridgehead atoms. The molecule has 0 saturated heterocycles. The van der Waals surface area contributed by atoms with Crippen LogP contribution in [0.3, 0.4) is 0 Å². The number of carbonyl (C=O) groups is 1. The molecule has 0 amide bonds. The highest BCUT2D eigenvalue weighted by molar-refractivity contribution is 6.00. The number of anilines is 1. The fraction of sp³-hybridized carbons (Fsp3) is 0.211. The van der Waals surface area contributed by atoms with Crippen LogP contribution in [-0.2, 0) is 4.79 Å². The minimum Gasteiger partial charge on any atom is -0.469 e. The highest BCUT2D eigenvalue weighted by Gasteiger charge is 2.39. The van der Waals surface area contributed by atoms with Crippen molar-refractivity contribution in [1.29, 1.82) is 0 Å². The van der Waals surface area contributed by atoms with Crippen LogP contribution in [-0.4, -0.2) is 25.5 Å². The molecule has 140 valence electrons. The number of nitro groups is 1. The average Bonchev–Trinajstić information content (AvgIpc) is 3.38. The first-order valence-electron chi connectivity index (χ1n) is 8.82. The number of non-ortho nitro benzene ring substituents is 1. The van der Waals surface area contributed by atoms with E-state index in [0.29, 0.717) is 24.4 Å². The number of carbonyl (C=O) groups excluding carboxylic acids is 1. The summed E-state index contributed by atoms with van der Waals surface area (Å²) in [4.78, 5) is 27.9. The minimum absolute atomic E-state index is 0.000322. The fourth-order valence-electron chi connectivity index (χ4n) is 3.96.